The molecule has 2 aromatic heterocycles. The SMILES string of the molecule is CC1(CO)Cc2nnc(C3(c4ccc(-c5ccncn5)cc4)CC3)n2CCS1. The summed E-state index contributed by atoms with van der Waals surface area (Å²) in [6.07, 6.45) is 6.30. The summed E-state index contributed by atoms with van der Waals surface area (Å²) in [7, 11) is 0. The van der Waals surface area contributed by atoms with Gasteiger partial charge in [0.2, 0.25) is 0 Å². The highest BCUT2D eigenvalue weighted by Gasteiger charge is 2.50. The average Bonchev–Trinajstić information content (AvgIpc) is 3.49. The van der Waals surface area contributed by atoms with Crippen LogP contribution in [0.5, 0.6) is 0 Å². The van der Waals surface area contributed by atoms with Gasteiger partial charge in [0.05, 0.1) is 17.7 Å². The lowest BCUT2D eigenvalue weighted by molar-refractivity contribution is 0.254. The van der Waals surface area contributed by atoms with Gasteiger partial charge in [-0.25, -0.2) is 9.97 Å². The molecule has 1 aliphatic carbocycles. The highest BCUT2D eigenvalue weighted by molar-refractivity contribution is 8.00. The largest absolute Gasteiger partial charge is 0.395 e. The summed E-state index contributed by atoms with van der Waals surface area (Å²) in [5, 5.41) is 19.0. The van der Waals surface area contributed by atoms with Gasteiger partial charge in [-0.1, -0.05) is 24.3 Å². The maximum atomic E-state index is 9.79. The van der Waals surface area contributed by atoms with Gasteiger partial charge in [0.1, 0.15) is 18.0 Å². The Bertz CT molecular complexity index is 984. The molecule has 3 aromatic rings. The number of fused-ring (bicyclic) bond motifs is 1. The molecule has 1 N–H and O–H groups in total. The Morgan fingerprint density at radius 2 is 1.96 bits per heavy atom. The summed E-state index contributed by atoms with van der Waals surface area (Å²) in [6, 6.07) is 10.6. The highest BCUT2D eigenvalue weighted by atomic mass is 32.2. The number of aliphatic hydroxyl groups excluding tert-OH is 1. The Kier molecular flexibility index (Phi) is 4.25. The van der Waals surface area contributed by atoms with Crippen LogP contribution in [0, 0.1) is 0 Å². The first kappa shape index (κ1) is 17.8. The fraction of sp³-hybridized carbons (Fsp3) is 0.429. The van der Waals surface area contributed by atoms with Gasteiger partial charge in [0.25, 0.3) is 0 Å². The number of rotatable bonds is 4. The Morgan fingerprint density at radius 1 is 1.14 bits per heavy atom. The van der Waals surface area contributed by atoms with E-state index in [2.05, 4.69) is 55.9 Å². The van der Waals surface area contributed by atoms with Crippen LogP contribution in [-0.4, -0.2) is 46.9 Å². The molecule has 1 aromatic carbocycles. The molecule has 1 fully saturated rings. The fourth-order valence-corrected chi connectivity index (χ4v) is 5.20. The van der Waals surface area contributed by atoms with Crippen LogP contribution < -0.4 is 0 Å². The molecule has 0 bridgehead atoms. The molecule has 1 saturated carbocycles. The summed E-state index contributed by atoms with van der Waals surface area (Å²) >= 11 is 1.83. The van der Waals surface area contributed by atoms with Crippen LogP contribution in [0.25, 0.3) is 11.3 Å². The zero-order valence-corrected chi connectivity index (χ0v) is 16.7. The van der Waals surface area contributed by atoms with Crippen molar-refractivity contribution in [2.45, 2.75) is 42.9 Å². The third-order valence-electron chi connectivity index (χ3n) is 5.95. The first-order valence-electron chi connectivity index (χ1n) is 9.68. The van der Waals surface area contributed by atoms with Crippen molar-refractivity contribution in [3.05, 3.63) is 60.1 Å². The summed E-state index contributed by atoms with van der Waals surface area (Å²) in [6.45, 7) is 3.18. The van der Waals surface area contributed by atoms with E-state index in [4.69, 9.17) is 0 Å². The molecule has 1 aliphatic heterocycles. The zero-order valence-electron chi connectivity index (χ0n) is 15.9. The molecule has 0 amide bonds. The predicted molar refractivity (Wildman–Crippen MR) is 109 cm³/mol. The van der Waals surface area contributed by atoms with Crippen molar-refractivity contribution >= 4 is 11.8 Å². The number of aromatic nitrogens is 5. The zero-order chi connectivity index (χ0) is 19.2. The monoisotopic (exact) mass is 393 g/mol. The Labute approximate surface area is 168 Å². The molecule has 1 unspecified atom stereocenters. The van der Waals surface area contributed by atoms with Crippen LogP contribution >= 0.6 is 11.8 Å². The van der Waals surface area contributed by atoms with Gasteiger partial charge < -0.3 is 9.67 Å². The number of benzene rings is 1. The molecule has 1 atom stereocenters. The van der Waals surface area contributed by atoms with Crippen molar-refractivity contribution in [1.82, 2.24) is 24.7 Å². The number of thioether (sulfide) groups is 1. The van der Waals surface area contributed by atoms with E-state index in [0.29, 0.717) is 0 Å². The standard InChI is InChI=1S/C21H23N5OS/c1-20(13-27)12-18-24-25-19(26(18)10-11-28-20)21(7-8-21)16-4-2-15(3-5-16)17-6-9-22-14-23-17/h2-6,9,14,27H,7-8,10-13H2,1H3. The topological polar surface area (TPSA) is 76.7 Å². The van der Waals surface area contributed by atoms with E-state index < -0.39 is 0 Å². The van der Waals surface area contributed by atoms with Crippen LogP contribution in [-0.2, 0) is 18.4 Å². The van der Waals surface area contributed by atoms with E-state index in [0.717, 1.165) is 54.5 Å². The maximum absolute atomic E-state index is 9.79. The maximum Gasteiger partial charge on any atom is 0.143 e. The average molecular weight is 394 g/mol. The van der Waals surface area contributed by atoms with Crippen molar-refractivity contribution in [2.24, 2.45) is 0 Å². The van der Waals surface area contributed by atoms with E-state index in [1.807, 2.05) is 17.8 Å². The van der Waals surface area contributed by atoms with E-state index in [1.165, 1.54) is 5.56 Å². The van der Waals surface area contributed by atoms with Crippen LogP contribution in [0.1, 0.15) is 37.0 Å². The lowest BCUT2D eigenvalue weighted by Gasteiger charge is -2.23. The molecule has 7 heteroatoms. The molecule has 0 radical (unpaired) electrons. The quantitative estimate of drug-likeness (QED) is 0.735. The number of aliphatic hydroxyl groups is 1. The molecule has 28 heavy (non-hydrogen) atoms. The van der Waals surface area contributed by atoms with Crippen LogP contribution in [0.2, 0.25) is 0 Å². The molecule has 6 nitrogen and oxygen atoms in total. The fourth-order valence-electron chi connectivity index (χ4n) is 4.11. The van der Waals surface area contributed by atoms with E-state index in [9.17, 15) is 5.11 Å². The second kappa shape index (κ2) is 6.67. The van der Waals surface area contributed by atoms with E-state index >= 15 is 0 Å². The minimum Gasteiger partial charge on any atom is -0.395 e. The molecule has 3 heterocycles. The smallest absolute Gasteiger partial charge is 0.143 e. The molecule has 144 valence electrons. The van der Waals surface area contributed by atoms with Gasteiger partial charge in [-0.05, 0) is 31.4 Å². The number of nitrogens with zero attached hydrogens (tertiary/aromatic N) is 5. The van der Waals surface area contributed by atoms with Crippen molar-refractivity contribution < 1.29 is 5.11 Å². The van der Waals surface area contributed by atoms with Crippen LogP contribution in [0.15, 0.2) is 42.9 Å². The Morgan fingerprint density at radius 3 is 2.64 bits per heavy atom. The van der Waals surface area contributed by atoms with Crippen LogP contribution in [0.3, 0.4) is 0 Å². The van der Waals surface area contributed by atoms with Gasteiger partial charge in [-0.2, -0.15) is 11.8 Å². The summed E-state index contributed by atoms with van der Waals surface area (Å²) in [4.78, 5) is 8.33. The molecule has 0 saturated heterocycles. The first-order chi connectivity index (χ1) is 13.6. The van der Waals surface area contributed by atoms with Crippen molar-refractivity contribution in [3.8, 4) is 11.3 Å². The van der Waals surface area contributed by atoms with E-state index in [1.54, 1.807) is 12.5 Å². The molecular weight excluding hydrogens is 370 g/mol. The minimum atomic E-state index is -0.172. The van der Waals surface area contributed by atoms with Crippen molar-refractivity contribution in [1.29, 1.82) is 0 Å². The normalized spacial score (nSPS) is 23.1. The lowest BCUT2D eigenvalue weighted by Crippen LogP contribution is -2.28. The molecule has 2 aliphatic rings. The van der Waals surface area contributed by atoms with Crippen LogP contribution in [0.4, 0.5) is 0 Å². The second-order valence-electron chi connectivity index (χ2n) is 7.98. The third-order valence-corrected chi connectivity index (χ3v) is 7.31. The van der Waals surface area contributed by atoms with Gasteiger partial charge in [0.15, 0.2) is 0 Å². The van der Waals surface area contributed by atoms with Gasteiger partial charge in [-0.3, -0.25) is 0 Å². The first-order valence-corrected chi connectivity index (χ1v) is 10.7. The van der Waals surface area contributed by atoms with E-state index in [-0.39, 0.29) is 16.8 Å². The second-order valence-corrected chi connectivity index (χ2v) is 9.66. The summed E-state index contributed by atoms with van der Waals surface area (Å²) in [5.74, 6) is 3.05. The predicted octanol–water partition coefficient (Wildman–Crippen LogP) is 2.86. The van der Waals surface area contributed by atoms with Gasteiger partial charge in [0, 0.05) is 35.2 Å². The molecule has 0 spiro atoms. The third kappa shape index (κ3) is 2.93. The van der Waals surface area contributed by atoms with Crippen molar-refractivity contribution in [2.75, 3.05) is 12.4 Å². The summed E-state index contributed by atoms with van der Waals surface area (Å²) in [5.41, 5.74) is 3.29. The van der Waals surface area contributed by atoms with Gasteiger partial charge in [-0.15, -0.1) is 10.2 Å². The molecular formula is C21H23N5OS. The number of hydrogen-bond acceptors (Lipinski definition) is 6. The lowest BCUT2D eigenvalue weighted by atomic mass is 9.93. The number of hydrogen-bond donors (Lipinski definition) is 1. The Balaban J connectivity index is 1.48. The molecule has 5 rings (SSSR count). The highest BCUT2D eigenvalue weighted by Crippen LogP contribution is 2.53. The Hall–Kier alpha value is -2.25. The minimum absolute atomic E-state index is 0.0277. The summed E-state index contributed by atoms with van der Waals surface area (Å²) < 4.78 is 2.13. The van der Waals surface area contributed by atoms with Crippen molar-refractivity contribution in [3.63, 3.8) is 0 Å². The van der Waals surface area contributed by atoms with Gasteiger partial charge >= 0.3 is 0 Å².